The van der Waals surface area contributed by atoms with Crippen molar-refractivity contribution < 1.29 is 9.90 Å². The van der Waals surface area contributed by atoms with Crippen LogP contribution in [0.3, 0.4) is 0 Å². The summed E-state index contributed by atoms with van der Waals surface area (Å²) in [4.78, 5) is 16.2. The summed E-state index contributed by atoms with van der Waals surface area (Å²) >= 11 is 1.86. The first-order chi connectivity index (χ1) is 11.6. The van der Waals surface area contributed by atoms with E-state index < -0.39 is 5.60 Å². The molecule has 1 aromatic rings. The Morgan fingerprint density at radius 3 is 2.67 bits per heavy atom. The van der Waals surface area contributed by atoms with Crippen molar-refractivity contribution in [1.82, 2.24) is 15.6 Å². The van der Waals surface area contributed by atoms with E-state index in [-0.39, 0.29) is 16.8 Å². The molecule has 6 heteroatoms. The number of amides is 2. The van der Waals surface area contributed by atoms with E-state index in [1.54, 1.807) is 12.4 Å². The molecule has 0 radical (unpaired) electrons. The van der Waals surface area contributed by atoms with Crippen LogP contribution in [-0.2, 0) is 5.60 Å². The van der Waals surface area contributed by atoms with E-state index in [1.165, 1.54) is 19.3 Å². The van der Waals surface area contributed by atoms with Gasteiger partial charge in [0.1, 0.15) is 0 Å². The number of nitrogens with one attached hydrogen (secondary N) is 2. The van der Waals surface area contributed by atoms with E-state index in [2.05, 4.69) is 21.9 Å². The summed E-state index contributed by atoms with van der Waals surface area (Å²) < 4.78 is 0.254. The maximum absolute atomic E-state index is 12.1. The Morgan fingerprint density at radius 2 is 2.12 bits per heavy atom. The van der Waals surface area contributed by atoms with Gasteiger partial charge in [-0.25, -0.2) is 4.79 Å². The Bertz CT molecular complexity index is 549. The minimum absolute atomic E-state index is 0.0767. The Morgan fingerprint density at radius 1 is 1.38 bits per heavy atom. The molecule has 132 valence electrons. The fourth-order valence-electron chi connectivity index (χ4n) is 3.67. The van der Waals surface area contributed by atoms with E-state index in [1.807, 2.05) is 23.9 Å². The third kappa shape index (κ3) is 3.86. The standard InChI is InChI=1S/C18H27N3O2S/c1-24-17(7-3-8-17)13-20-16(22)21-15-5-9-18(23,10-6-15)14-4-2-11-19-12-14/h2,4,11-12,15,23H,3,5-10,13H2,1H3,(H2,20,21,22). The number of hydrogen-bond acceptors (Lipinski definition) is 4. The van der Waals surface area contributed by atoms with Gasteiger partial charge in [0.15, 0.2) is 0 Å². The van der Waals surface area contributed by atoms with Crippen LogP contribution in [0, 0.1) is 0 Å². The Kier molecular flexibility index (Phi) is 5.35. The maximum Gasteiger partial charge on any atom is 0.315 e. The average molecular weight is 350 g/mol. The number of pyridine rings is 1. The van der Waals surface area contributed by atoms with Gasteiger partial charge in [-0.05, 0) is 50.8 Å². The lowest BCUT2D eigenvalue weighted by molar-refractivity contribution is -0.00762. The van der Waals surface area contributed by atoms with E-state index in [0.717, 1.165) is 24.9 Å². The summed E-state index contributed by atoms with van der Waals surface area (Å²) in [6, 6.07) is 3.84. The van der Waals surface area contributed by atoms with E-state index in [4.69, 9.17) is 0 Å². The smallest absolute Gasteiger partial charge is 0.315 e. The fourth-order valence-corrected chi connectivity index (χ4v) is 4.58. The Hall–Kier alpha value is -1.27. The maximum atomic E-state index is 12.1. The molecule has 0 aliphatic heterocycles. The molecule has 0 bridgehead atoms. The van der Waals surface area contributed by atoms with Gasteiger partial charge in [-0.2, -0.15) is 11.8 Å². The summed E-state index contributed by atoms with van der Waals surface area (Å²) in [6.45, 7) is 0.742. The molecule has 5 nitrogen and oxygen atoms in total. The Balaban J connectivity index is 1.44. The van der Waals surface area contributed by atoms with Crippen LogP contribution in [0.1, 0.15) is 50.5 Å². The van der Waals surface area contributed by atoms with Gasteiger partial charge in [0.25, 0.3) is 0 Å². The SMILES string of the molecule is CSC1(CNC(=O)NC2CCC(O)(c3cccnc3)CC2)CCC1. The molecule has 1 aromatic heterocycles. The molecule has 0 atom stereocenters. The zero-order valence-electron chi connectivity index (χ0n) is 14.3. The number of thioether (sulfide) groups is 1. The van der Waals surface area contributed by atoms with Gasteiger partial charge in [0.05, 0.1) is 5.60 Å². The fraction of sp³-hybridized carbons (Fsp3) is 0.667. The van der Waals surface area contributed by atoms with Crippen LogP contribution < -0.4 is 10.6 Å². The largest absolute Gasteiger partial charge is 0.385 e. The number of nitrogens with zero attached hydrogens (tertiary/aromatic N) is 1. The van der Waals surface area contributed by atoms with Gasteiger partial charge in [-0.1, -0.05) is 12.5 Å². The predicted octanol–water partition coefficient (Wildman–Crippen LogP) is 2.80. The molecule has 3 N–H and O–H groups in total. The second-order valence-electron chi connectivity index (χ2n) is 7.12. The highest BCUT2D eigenvalue weighted by molar-refractivity contribution is 8.00. The third-order valence-electron chi connectivity index (χ3n) is 5.62. The van der Waals surface area contributed by atoms with Gasteiger partial charge < -0.3 is 15.7 Å². The average Bonchev–Trinajstić information content (AvgIpc) is 2.57. The highest BCUT2D eigenvalue weighted by Gasteiger charge is 2.37. The molecule has 1 heterocycles. The van der Waals surface area contributed by atoms with Crippen LogP contribution in [0.5, 0.6) is 0 Å². The lowest BCUT2D eigenvalue weighted by Crippen LogP contribution is -2.51. The van der Waals surface area contributed by atoms with Crippen molar-refractivity contribution in [2.24, 2.45) is 0 Å². The molecule has 2 saturated carbocycles. The first-order valence-electron chi connectivity index (χ1n) is 8.78. The second kappa shape index (κ2) is 7.31. The van der Waals surface area contributed by atoms with E-state index in [9.17, 15) is 9.90 Å². The summed E-state index contributed by atoms with van der Waals surface area (Å²) in [5.74, 6) is 0. The minimum atomic E-state index is -0.808. The molecule has 24 heavy (non-hydrogen) atoms. The highest BCUT2D eigenvalue weighted by atomic mass is 32.2. The first-order valence-corrected chi connectivity index (χ1v) is 10.0. The van der Waals surface area contributed by atoms with Crippen molar-refractivity contribution >= 4 is 17.8 Å². The third-order valence-corrected chi connectivity index (χ3v) is 7.03. The number of urea groups is 1. The monoisotopic (exact) mass is 349 g/mol. The summed E-state index contributed by atoms with van der Waals surface area (Å²) in [5.41, 5.74) is 0.0670. The van der Waals surface area contributed by atoms with Crippen molar-refractivity contribution in [2.75, 3.05) is 12.8 Å². The van der Waals surface area contributed by atoms with Gasteiger partial charge >= 0.3 is 6.03 Å². The normalized spacial score (nSPS) is 28.7. The number of hydrogen-bond donors (Lipinski definition) is 3. The number of rotatable bonds is 5. The van der Waals surface area contributed by atoms with Crippen molar-refractivity contribution in [2.45, 2.75) is 61.3 Å². The van der Waals surface area contributed by atoms with Crippen LogP contribution >= 0.6 is 11.8 Å². The Labute approximate surface area is 148 Å². The summed E-state index contributed by atoms with van der Waals surface area (Å²) in [7, 11) is 0. The molecule has 3 rings (SSSR count). The molecule has 0 unspecified atom stereocenters. The molecule has 0 spiro atoms. The number of aromatic nitrogens is 1. The second-order valence-corrected chi connectivity index (χ2v) is 8.39. The summed E-state index contributed by atoms with van der Waals surface area (Å²) in [6.07, 6.45) is 12.1. The molecular formula is C18H27N3O2S. The zero-order chi connectivity index (χ0) is 17.0. The van der Waals surface area contributed by atoms with Gasteiger partial charge in [0.2, 0.25) is 0 Å². The zero-order valence-corrected chi connectivity index (χ0v) is 15.1. The lowest BCUT2D eigenvalue weighted by atomic mass is 9.78. The van der Waals surface area contributed by atoms with Gasteiger partial charge in [-0.3, -0.25) is 4.98 Å². The molecule has 2 fully saturated rings. The summed E-state index contributed by atoms with van der Waals surface area (Å²) in [5, 5.41) is 16.9. The first kappa shape index (κ1) is 17.5. The molecular weight excluding hydrogens is 322 g/mol. The van der Waals surface area contributed by atoms with Crippen molar-refractivity contribution in [3.8, 4) is 0 Å². The highest BCUT2D eigenvalue weighted by Crippen LogP contribution is 2.42. The molecule has 2 aliphatic rings. The van der Waals surface area contributed by atoms with Crippen molar-refractivity contribution in [3.63, 3.8) is 0 Å². The van der Waals surface area contributed by atoms with Crippen LogP contribution in [0.4, 0.5) is 4.79 Å². The molecule has 0 aromatic carbocycles. The topological polar surface area (TPSA) is 74.2 Å². The van der Waals surface area contributed by atoms with E-state index >= 15 is 0 Å². The minimum Gasteiger partial charge on any atom is -0.385 e. The molecule has 0 saturated heterocycles. The van der Waals surface area contributed by atoms with Crippen LogP contribution in [-0.4, -0.2) is 39.7 Å². The quantitative estimate of drug-likeness (QED) is 0.764. The van der Waals surface area contributed by atoms with Crippen LogP contribution in [0.25, 0.3) is 0 Å². The number of carbonyl (C=O) groups is 1. The predicted molar refractivity (Wildman–Crippen MR) is 97.0 cm³/mol. The van der Waals surface area contributed by atoms with Crippen LogP contribution in [0.2, 0.25) is 0 Å². The van der Waals surface area contributed by atoms with E-state index in [0.29, 0.717) is 12.8 Å². The van der Waals surface area contributed by atoms with Gasteiger partial charge in [0, 0.05) is 35.3 Å². The van der Waals surface area contributed by atoms with Crippen molar-refractivity contribution in [3.05, 3.63) is 30.1 Å². The molecule has 2 aliphatic carbocycles. The van der Waals surface area contributed by atoms with Gasteiger partial charge in [-0.15, -0.1) is 0 Å². The van der Waals surface area contributed by atoms with Crippen LogP contribution in [0.15, 0.2) is 24.5 Å². The lowest BCUT2D eigenvalue weighted by Gasteiger charge is -2.40. The number of carbonyl (C=O) groups excluding carboxylic acids is 1. The van der Waals surface area contributed by atoms with Crippen molar-refractivity contribution in [1.29, 1.82) is 0 Å². The number of aliphatic hydroxyl groups is 1. The molecule has 2 amide bonds.